The van der Waals surface area contributed by atoms with Gasteiger partial charge in [-0.2, -0.15) is 18.4 Å². The Morgan fingerprint density at radius 2 is 1.86 bits per heavy atom. The molecule has 22 heavy (non-hydrogen) atoms. The Morgan fingerprint density at radius 1 is 1.27 bits per heavy atom. The molecule has 5 nitrogen and oxygen atoms in total. The first-order valence-electron chi connectivity index (χ1n) is 6.40. The molecule has 3 N–H and O–H groups in total. The van der Waals surface area contributed by atoms with Crippen molar-refractivity contribution in [1.29, 1.82) is 5.26 Å². The Morgan fingerprint density at radius 3 is 2.32 bits per heavy atom. The van der Waals surface area contributed by atoms with E-state index in [0.717, 1.165) is 24.3 Å². The number of nitriles is 1. The van der Waals surface area contributed by atoms with Crippen molar-refractivity contribution in [2.75, 3.05) is 0 Å². The van der Waals surface area contributed by atoms with Gasteiger partial charge in [0.15, 0.2) is 0 Å². The molecular weight excluding hydrogens is 299 g/mol. The van der Waals surface area contributed by atoms with E-state index in [9.17, 15) is 22.8 Å². The van der Waals surface area contributed by atoms with Gasteiger partial charge in [0.1, 0.15) is 6.04 Å². The van der Waals surface area contributed by atoms with Crippen LogP contribution >= 0.6 is 0 Å². The quantitative estimate of drug-likeness (QED) is 0.786. The van der Waals surface area contributed by atoms with Gasteiger partial charge in [-0.25, -0.2) is 0 Å². The van der Waals surface area contributed by atoms with Gasteiger partial charge in [0.05, 0.1) is 11.6 Å². The molecule has 8 heteroatoms. The summed E-state index contributed by atoms with van der Waals surface area (Å²) < 4.78 is 37.3. The van der Waals surface area contributed by atoms with Crippen molar-refractivity contribution in [3.63, 3.8) is 0 Å². The minimum atomic E-state index is -4.48. The maximum absolute atomic E-state index is 12.4. The fourth-order valence-corrected chi connectivity index (χ4v) is 1.72. The largest absolute Gasteiger partial charge is 0.416 e. The third-order valence-corrected chi connectivity index (χ3v) is 2.90. The highest BCUT2D eigenvalue weighted by molar-refractivity contribution is 5.97. The molecule has 0 bridgehead atoms. The predicted octanol–water partition coefficient (Wildman–Crippen LogP) is 1.98. The van der Waals surface area contributed by atoms with Crippen molar-refractivity contribution in [3.8, 4) is 6.07 Å². The van der Waals surface area contributed by atoms with E-state index < -0.39 is 29.6 Å². The highest BCUT2D eigenvalue weighted by Crippen LogP contribution is 2.29. The number of nitrogens with zero attached hydrogens (tertiary/aromatic N) is 1. The lowest BCUT2D eigenvalue weighted by molar-refractivity contribution is -0.137. The van der Waals surface area contributed by atoms with Gasteiger partial charge in [-0.15, -0.1) is 0 Å². The van der Waals surface area contributed by atoms with Gasteiger partial charge in [-0.05, 0) is 37.1 Å². The summed E-state index contributed by atoms with van der Waals surface area (Å²) >= 11 is 0. The number of carbonyl (C=O) groups is 2. The minimum absolute atomic E-state index is 0.0143. The van der Waals surface area contributed by atoms with Crippen molar-refractivity contribution < 1.29 is 22.8 Å². The number of halogens is 3. The Bertz CT molecular complexity index is 576. The Balaban J connectivity index is 2.74. The van der Waals surface area contributed by atoms with E-state index >= 15 is 0 Å². The normalized spacial score (nSPS) is 12.3. The fourth-order valence-electron chi connectivity index (χ4n) is 1.72. The van der Waals surface area contributed by atoms with E-state index in [1.807, 2.05) is 6.07 Å². The monoisotopic (exact) mass is 313 g/mol. The molecule has 1 aromatic rings. The van der Waals surface area contributed by atoms with E-state index in [2.05, 4.69) is 5.32 Å². The Labute approximate surface area is 124 Å². The molecule has 0 aliphatic carbocycles. The van der Waals surface area contributed by atoms with Crippen LogP contribution < -0.4 is 11.1 Å². The molecule has 1 atom stereocenters. The van der Waals surface area contributed by atoms with E-state index in [4.69, 9.17) is 11.0 Å². The summed E-state index contributed by atoms with van der Waals surface area (Å²) in [7, 11) is 0. The summed E-state index contributed by atoms with van der Waals surface area (Å²) in [5.74, 6) is -1.47. The van der Waals surface area contributed by atoms with Gasteiger partial charge in [0.2, 0.25) is 5.91 Å². The number of nitrogens with two attached hydrogens (primary N) is 1. The molecule has 0 heterocycles. The van der Waals surface area contributed by atoms with Crippen molar-refractivity contribution in [3.05, 3.63) is 35.4 Å². The number of carbonyl (C=O) groups excluding carboxylic acids is 2. The van der Waals surface area contributed by atoms with E-state index in [1.54, 1.807) is 0 Å². The van der Waals surface area contributed by atoms with Gasteiger partial charge in [-0.3, -0.25) is 9.59 Å². The highest BCUT2D eigenvalue weighted by atomic mass is 19.4. The Hall–Kier alpha value is -2.56. The van der Waals surface area contributed by atoms with Crippen LogP contribution in [0.4, 0.5) is 13.2 Å². The summed E-state index contributed by atoms with van der Waals surface area (Å²) in [6.07, 6.45) is -3.71. The highest BCUT2D eigenvalue weighted by Gasteiger charge is 2.30. The van der Waals surface area contributed by atoms with Crippen molar-refractivity contribution in [2.45, 2.75) is 31.5 Å². The minimum Gasteiger partial charge on any atom is -0.368 e. The first-order chi connectivity index (χ1) is 10.3. The zero-order chi connectivity index (χ0) is 16.8. The van der Waals surface area contributed by atoms with Crippen LogP contribution in [0.1, 0.15) is 35.2 Å². The predicted molar refractivity (Wildman–Crippen MR) is 71.4 cm³/mol. The molecule has 0 fully saturated rings. The van der Waals surface area contributed by atoms with Crippen molar-refractivity contribution >= 4 is 11.8 Å². The average molecular weight is 313 g/mol. The molecule has 0 spiro atoms. The molecule has 0 saturated heterocycles. The number of unbranched alkanes of at least 4 members (excludes halogenated alkanes) is 1. The number of benzene rings is 1. The van der Waals surface area contributed by atoms with Gasteiger partial charge in [-0.1, -0.05) is 0 Å². The van der Waals surface area contributed by atoms with Gasteiger partial charge in [0, 0.05) is 12.0 Å². The van der Waals surface area contributed by atoms with Crippen LogP contribution in [0.3, 0.4) is 0 Å². The molecule has 2 amide bonds. The molecule has 1 aromatic carbocycles. The number of hydrogen-bond acceptors (Lipinski definition) is 3. The number of amides is 2. The number of alkyl halides is 3. The van der Waals surface area contributed by atoms with Crippen LogP contribution in [-0.2, 0) is 11.0 Å². The molecule has 0 aliphatic heterocycles. The van der Waals surface area contributed by atoms with E-state index in [1.165, 1.54) is 0 Å². The second-order valence-corrected chi connectivity index (χ2v) is 4.55. The van der Waals surface area contributed by atoms with Crippen LogP contribution in [0.25, 0.3) is 0 Å². The van der Waals surface area contributed by atoms with Gasteiger partial charge in [0.25, 0.3) is 5.91 Å². The van der Waals surface area contributed by atoms with Crippen molar-refractivity contribution in [2.24, 2.45) is 5.73 Å². The molecule has 0 aliphatic rings. The number of rotatable bonds is 6. The summed E-state index contributed by atoms with van der Waals surface area (Å²) in [5, 5.41) is 10.8. The van der Waals surface area contributed by atoms with Crippen LogP contribution in [0.2, 0.25) is 0 Å². The lowest BCUT2D eigenvalue weighted by atomic mass is 10.1. The zero-order valence-electron chi connectivity index (χ0n) is 11.5. The third-order valence-electron chi connectivity index (χ3n) is 2.90. The van der Waals surface area contributed by atoms with Crippen LogP contribution in [0.5, 0.6) is 0 Å². The molecule has 118 valence electrons. The lowest BCUT2D eigenvalue weighted by Crippen LogP contribution is -2.44. The Kier molecular flexibility index (Phi) is 5.92. The fraction of sp³-hybridized carbons (Fsp3) is 0.357. The molecule has 0 radical (unpaired) electrons. The third kappa shape index (κ3) is 5.09. The first kappa shape index (κ1) is 17.5. The van der Waals surface area contributed by atoms with Crippen LogP contribution in [-0.4, -0.2) is 17.9 Å². The SMILES string of the molecule is N#CCCC[C@@H](NC(=O)c1ccc(C(F)(F)F)cc1)C(N)=O. The molecule has 1 rings (SSSR count). The number of hydrogen-bond donors (Lipinski definition) is 2. The van der Waals surface area contributed by atoms with E-state index in [0.29, 0.717) is 6.42 Å². The second-order valence-electron chi connectivity index (χ2n) is 4.55. The van der Waals surface area contributed by atoms with Crippen molar-refractivity contribution in [1.82, 2.24) is 5.32 Å². The first-order valence-corrected chi connectivity index (χ1v) is 6.40. The molecule has 0 aromatic heterocycles. The standard InChI is InChI=1S/C14H14F3N3O2/c15-14(16,17)10-6-4-9(5-7-10)13(22)20-11(12(19)21)3-1-2-8-18/h4-7,11H,1-3H2,(H2,19,21)(H,20,22)/t11-/m1/s1. The average Bonchev–Trinajstić information content (AvgIpc) is 2.45. The molecular formula is C14H14F3N3O2. The second kappa shape index (κ2) is 7.45. The topological polar surface area (TPSA) is 96.0 Å². The van der Waals surface area contributed by atoms with Gasteiger partial charge >= 0.3 is 6.18 Å². The lowest BCUT2D eigenvalue weighted by Gasteiger charge is -2.15. The number of nitrogens with one attached hydrogen (secondary N) is 1. The zero-order valence-corrected chi connectivity index (χ0v) is 11.5. The van der Waals surface area contributed by atoms with Crippen LogP contribution in [0, 0.1) is 11.3 Å². The van der Waals surface area contributed by atoms with Crippen LogP contribution in [0.15, 0.2) is 24.3 Å². The summed E-state index contributed by atoms with van der Waals surface area (Å²) in [6.45, 7) is 0. The maximum Gasteiger partial charge on any atom is 0.416 e. The maximum atomic E-state index is 12.4. The van der Waals surface area contributed by atoms with Gasteiger partial charge < -0.3 is 11.1 Å². The molecule has 0 unspecified atom stereocenters. The summed E-state index contributed by atoms with van der Waals surface area (Å²) in [4.78, 5) is 23.1. The summed E-state index contributed by atoms with van der Waals surface area (Å²) in [5.41, 5.74) is 4.26. The summed E-state index contributed by atoms with van der Waals surface area (Å²) in [6, 6.07) is 4.53. The number of primary amides is 1. The van der Waals surface area contributed by atoms with E-state index in [-0.39, 0.29) is 18.4 Å². The molecule has 0 saturated carbocycles. The smallest absolute Gasteiger partial charge is 0.368 e.